The van der Waals surface area contributed by atoms with Gasteiger partial charge >= 0.3 is 0 Å². The Morgan fingerprint density at radius 1 is 1.25 bits per heavy atom. The van der Waals surface area contributed by atoms with Crippen LogP contribution in [0.15, 0.2) is 46.3 Å². The lowest BCUT2D eigenvalue weighted by Gasteiger charge is -2.37. The minimum Gasteiger partial charge on any atom is -0.494 e. The number of hydrogen-bond acceptors (Lipinski definition) is 6. The lowest BCUT2D eigenvalue weighted by molar-refractivity contribution is 0.117. The van der Waals surface area contributed by atoms with Gasteiger partial charge in [0.2, 0.25) is 11.7 Å². The van der Waals surface area contributed by atoms with E-state index in [9.17, 15) is 0 Å². The summed E-state index contributed by atoms with van der Waals surface area (Å²) >= 11 is 1.63. The van der Waals surface area contributed by atoms with Crippen LogP contribution in [0, 0.1) is 0 Å². The summed E-state index contributed by atoms with van der Waals surface area (Å²) in [6, 6.07) is 12.3. The largest absolute Gasteiger partial charge is 0.494 e. The molecular formula is C18H19N3O2S. The molecule has 0 spiro atoms. The first-order chi connectivity index (χ1) is 11.8. The van der Waals surface area contributed by atoms with Crippen LogP contribution in [-0.4, -0.2) is 34.7 Å². The first-order valence-corrected chi connectivity index (χ1v) is 9.01. The third kappa shape index (κ3) is 3.20. The summed E-state index contributed by atoms with van der Waals surface area (Å²) in [6.45, 7) is 5.55. The average Bonchev–Trinajstić information content (AvgIpc) is 3.23. The molecule has 1 aromatic carbocycles. The number of ether oxygens (including phenoxy) is 1. The molecule has 0 amide bonds. The zero-order chi connectivity index (χ0) is 16.4. The molecule has 24 heavy (non-hydrogen) atoms. The molecule has 1 aliphatic rings. The minimum atomic E-state index is 0.342. The van der Waals surface area contributed by atoms with Crippen LogP contribution < -0.4 is 4.74 Å². The summed E-state index contributed by atoms with van der Waals surface area (Å²) < 4.78 is 10.9. The van der Waals surface area contributed by atoms with Crippen LogP contribution in [0.4, 0.5) is 0 Å². The number of thiophene rings is 1. The number of benzene rings is 1. The van der Waals surface area contributed by atoms with Crippen molar-refractivity contribution in [3.63, 3.8) is 0 Å². The van der Waals surface area contributed by atoms with E-state index in [-0.39, 0.29) is 0 Å². The van der Waals surface area contributed by atoms with Gasteiger partial charge in [0, 0.05) is 19.6 Å². The zero-order valence-electron chi connectivity index (χ0n) is 13.5. The van der Waals surface area contributed by atoms with Gasteiger partial charge in [0.05, 0.1) is 17.4 Å². The Morgan fingerprint density at radius 3 is 2.79 bits per heavy atom. The molecule has 6 heteroatoms. The second-order valence-electron chi connectivity index (χ2n) is 5.90. The molecule has 5 nitrogen and oxygen atoms in total. The highest BCUT2D eigenvalue weighted by atomic mass is 32.1. The molecular weight excluding hydrogens is 322 g/mol. The number of nitrogens with zero attached hydrogens (tertiary/aromatic N) is 3. The quantitative estimate of drug-likeness (QED) is 0.683. The average molecular weight is 341 g/mol. The molecule has 1 saturated heterocycles. The van der Waals surface area contributed by atoms with Crippen LogP contribution in [0.2, 0.25) is 0 Å². The maximum Gasteiger partial charge on any atom is 0.232 e. The Hall–Kier alpha value is -2.18. The second kappa shape index (κ2) is 6.75. The van der Waals surface area contributed by atoms with Gasteiger partial charge < -0.3 is 9.26 Å². The van der Waals surface area contributed by atoms with Gasteiger partial charge in [0.25, 0.3) is 0 Å². The zero-order valence-corrected chi connectivity index (χ0v) is 14.3. The second-order valence-corrected chi connectivity index (χ2v) is 6.85. The monoisotopic (exact) mass is 341 g/mol. The standard InChI is InChI=1S/C18H19N3O2S/c1-2-22-15-7-5-13(6-8-15)10-21-11-14(12-21)18-19-17(20-23-18)16-4-3-9-24-16/h3-9,14H,2,10-12H2,1H3. The molecule has 0 radical (unpaired) electrons. The fraction of sp³-hybridized carbons (Fsp3) is 0.333. The molecule has 1 aliphatic heterocycles. The summed E-state index contributed by atoms with van der Waals surface area (Å²) in [5, 5.41) is 6.11. The highest BCUT2D eigenvalue weighted by molar-refractivity contribution is 7.13. The molecule has 0 saturated carbocycles. The van der Waals surface area contributed by atoms with Crippen molar-refractivity contribution in [2.75, 3.05) is 19.7 Å². The van der Waals surface area contributed by atoms with E-state index in [4.69, 9.17) is 9.26 Å². The molecule has 1 fully saturated rings. The molecule has 0 bridgehead atoms. The maximum absolute atomic E-state index is 5.47. The van der Waals surface area contributed by atoms with E-state index in [2.05, 4.69) is 27.2 Å². The van der Waals surface area contributed by atoms with Gasteiger partial charge in [-0.25, -0.2) is 0 Å². The van der Waals surface area contributed by atoms with Crippen molar-refractivity contribution in [2.24, 2.45) is 0 Å². The van der Waals surface area contributed by atoms with Crippen LogP contribution >= 0.6 is 11.3 Å². The summed E-state index contributed by atoms with van der Waals surface area (Å²) in [5.41, 5.74) is 1.29. The highest BCUT2D eigenvalue weighted by Crippen LogP contribution is 2.30. The van der Waals surface area contributed by atoms with Crippen LogP contribution in [0.25, 0.3) is 10.7 Å². The Bertz CT molecular complexity index is 777. The van der Waals surface area contributed by atoms with Crippen LogP contribution in [-0.2, 0) is 6.54 Å². The van der Waals surface area contributed by atoms with Crippen LogP contribution in [0.1, 0.15) is 24.3 Å². The van der Waals surface area contributed by atoms with Gasteiger partial charge in [-0.1, -0.05) is 23.4 Å². The van der Waals surface area contributed by atoms with E-state index in [1.165, 1.54) is 5.56 Å². The van der Waals surface area contributed by atoms with E-state index in [0.29, 0.717) is 18.3 Å². The highest BCUT2D eigenvalue weighted by Gasteiger charge is 2.32. The summed E-state index contributed by atoms with van der Waals surface area (Å²) in [4.78, 5) is 7.97. The molecule has 3 heterocycles. The fourth-order valence-electron chi connectivity index (χ4n) is 2.88. The van der Waals surface area contributed by atoms with Gasteiger partial charge in [0.1, 0.15) is 5.75 Å². The van der Waals surface area contributed by atoms with Crippen molar-refractivity contribution in [2.45, 2.75) is 19.4 Å². The smallest absolute Gasteiger partial charge is 0.232 e. The molecule has 2 aromatic heterocycles. The van der Waals surface area contributed by atoms with Crippen molar-refractivity contribution in [3.8, 4) is 16.5 Å². The normalized spacial score (nSPS) is 15.4. The Kier molecular flexibility index (Phi) is 4.32. The lowest BCUT2D eigenvalue weighted by Crippen LogP contribution is -2.44. The molecule has 0 N–H and O–H groups in total. The summed E-state index contributed by atoms with van der Waals surface area (Å²) in [6.07, 6.45) is 0. The Labute approximate surface area is 144 Å². The fourth-order valence-corrected chi connectivity index (χ4v) is 3.53. The van der Waals surface area contributed by atoms with E-state index in [1.807, 2.05) is 36.6 Å². The number of aromatic nitrogens is 2. The van der Waals surface area contributed by atoms with Gasteiger partial charge in [-0.15, -0.1) is 11.3 Å². The first-order valence-electron chi connectivity index (χ1n) is 8.13. The van der Waals surface area contributed by atoms with Crippen molar-refractivity contribution in [1.29, 1.82) is 0 Å². The van der Waals surface area contributed by atoms with Crippen molar-refractivity contribution in [3.05, 3.63) is 53.2 Å². The Morgan fingerprint density at radius 2 is 2.08 bits per heavy atom. The predicted molar refractivity (Wildman–Crippen MR) is 93.2 cm³/mol. The van der Waals surface area contributed by atoms with Crippen molar-refractivity contribution in [1.82, 2.24) is 15.0 Å². The molecule has 0 atom stereocenters. The third-order valence-corrected chi connectivity index (χ3v) is 5.00. The third-order valence-electron chi connectivity index (χ3n) is 4.13. The molecule has 0 aliphatic carbocycles. The van der Waals surface area contributed by atoms with E-state index < -0.39 is 0 Å². The maximum atomic E-state index is 5.47. The number of rotatable bonds is 6. The first kappa shape index (κ1) is 15.4. The van der Waals surface area contributed by atoms with Gasteiger partial charge in [-0.3, -0.25) is 4.90 Å². The van der Waals surface area contributed by atoms with E-state index in [1.54, 1.807) is 11.3 Å². The van der Waals surface area contributed by atoms with E-state index >= 15 is 0 Å². The number of hydrogen-bond donors (Lipinski definition) is 0. The van der Waals surface area contributed by atoms with Crippen molar-refractivity contribution >= 4 is 11.3 Å². The molecule has 4 rings (SSSR count). The molecule has 3 aromatic rings. The SMILES string of the molecule is CCOc1ccc(CN2CC(c3nc(-c4cccs4)no3)C2)cc1. The van der Waals surface area contributed by atoms with Crippen LogP contribution in [0.3, 0.4) is 0 Å². The molecule has 124 valence electrons. The molecule has 0 unspecified atom stereocenters. The topological polar surface area (TPSA) is 51.4 Å². The van der Waals surface area contributed by atoms with Gasteiger partial charge in [-0.05, 0) is 36.1 Å². The minimum absolute atomic E-state index is 0.342. The predicted octanol–water partition coefficient (Wildman–Crippen LogP) is 3.80. The van der Waals surface area contributed by atoms with Crippen LogP contribution in [0.5, 0.6) is 5.75 Å². The number of likely N-dealkylation sites (tertiary alicyclic amines) is 1. The van der Waals surface area contributed by atoms with Gasteiger partial charge in [0.15, 0.2) is 0 Å². The van der Waals surface area contributed by atoms with Gasteiger partial charge in [-0.2, -0.15) is 4.98 Å². The lowest BCUT2D eigenvalue weighted by atomic mass is 9.99. The summed E-state index contributed by atoms with van der Waals surface area (Å²) in [7, 11) is 0. The van der Waals surface area contributed by atoms with Crippen molar-refractivity contribution < 1.29 is 9.26 Å². The van der Waals surface area contributed by atoms with E-state index in [0.717, 1.165) is 36.2 Å². The summed E-state index contributed by atoms with van der Waals surface area (Å²) in [5.74, 6) is 2.72. The Balaban J connectivity index is 1.32.